The molecule has 4 nitrogen and oxygen atoms in total. The number of nitrogens with one attached hydrogen (secondary N) is 1. The van der Waals surface area contributed by atoms with Crippen LogP contribution in [0.2, 0.25) is 0 Å². The molecule has 1 fully saturated rings. The van der Waals surface area contributed by atoms with Gasteiger partial charge in [-0.3, -0.25) is 4.79 Å². The smallest absolute Gasteiger partial charge is 0.287 e. The third-order valence-corrected chi connectivity index (χ3v) is 4.96. The monoisotopic (exact) mass is 335 g/mol. The van der Waals surface area contributed by atoms with Gasteiger partial charge in [0.1, 0.15) is 11.6 Å². The van der Waals surface area contributed by atoms with Crippen molar-refractivity contribution >= 4 is 17.7 Å². The van der Waals surface area contributed by atoms with Crippen molar-refractivity contribution in [3.63, 3.8) is 0 Å². The fourth-order valence-electron chi connectivity index (χ4n) is 2.53. The molecule has 122 valence electrons. The van der Waals surface area contributed by atoms with Crippen LogP contribution in [0.3, 0.4) is 0 Å². The first-order valence-electron chi connectivity index (χ1n) is 7.50. The van der Waals surface area contributed by atoms with Crippen molar-refractivity contribution < 1.29 is 18.7 Å². The van der Waals surface area contributed by atoms with Gasteiger partial charge in [-0.2, -0.15) is 11.8 Å². The van der Waals surface area contributed by atoms with E-state index < -0.39 is 17.3 Å². The highest BCUT2D eigenvalue weighted by Gasteiger charge is 2.30. The fraction of sp³-hybridized carbons (Fsp3) is 0.353. The molecule has 1 aliphatic heterocycles. The largest absolute Gasteiger partial charge is 0.451 e. The van der Waals surface area contributed by atoms with Crippen LogP contribution in [0.5, 0.6) is 0 Å². The quantitative estimate of drug-likeness (QED) is 0.901. The van der Waals surface area contributed by atoms with Gasteiger partial charge < -0.3 is 14.8 Å². The first-order chi connectivity index (χ1) is 11.1. The molecule has 23 heavy (non-hydrogen) atoms. The molecule has 3 rings (SSSR count). The molecule has 0 bridgehead atoms. The molecule has 1 amide bonds. The van der Waals surface area contributed by atoms with E-state index in [9.17, 15) is 14.3 Å². The average Bonchev–Trinajstić information content (AvgIpc) is 3.04. The average molecular weight is 335 g/mol. The lowest BCUT2D eigenvalue weighted by Gasteiger charge is -2.31. The predicted molar refractivity (Wildman–Crippen MR) is 87.9 cm³/mol. The van der Waals surface area contributed by atoms with Gasteiger partial charge in [0.2, 0.25) is 0 Å². The van der Waals surface area contributed by atoms with Gasteiger partial charge in [-0.15, -0.1) is 0 Å². The first-order valence-corrected chi connectivity index (χ1v) is 8.66. The third kappa shape index (κ3) is 3.76. The highest BCUT2D eigenvalue weighted by Crippen LogP contribution is 2.27. The molecule has 1 aromatic heterocycles. The summed E-state index contributed by atoms with van der Waals surface area (Å²) in [6.07, 6.45) is 1.33. The standard InChI is InChI=1S/C17H18FNO3S/c18-13-4-2-1-3-12(13)14-5-6-15(22-14)16(20)19-11-17(21)7-9-23-10-8-17/h1-6,21H,7-11H2,(H,19,20). The Kier molecular flexibility index (Phi) is 4.73. The van der Waals surface area contributed by atoms with Crippen LogP contribution >= 0.6 is 11.8 Å². The lowest BCUT2D eigenvalue weighted by Crippen LogP contribution is -2.45. The second-order valence-corrected chi connectivity index (χ2v) is 6.89. The Morgan fingerprint density at radius 2 is 2.00 bits per heavy atom. The predicted octanol–water partition coefficient (Wildman–Crippen LogP) is 3.07. The van der Waals surface area contributed by atoms with E-state index in [1.807, 2.05) is 0 Å². The SMILES string of the molecule is O=C(NCC1(O)CCSCC1)c1ccc(-c2ccccc2F)o1. The van der Waals surface area contributed by atoms with Gasteiger partial charge in [0.05, 0.1) is 11.2 Å². The van der Waals surface area contributed by atoms with E-state index in [1.54, 1.807) is 36.0 Å². The summed E-state index contributed by atoms with van der Waals surface area (Å²) in [5.74, 6) is 1.40. The Bertz CT molecular complexity index is 695. The van der Waals surface area contributed by atoms with Crippen molar-refractivity contribution in [2.45, 2.75) is 18.4 Å². The second kappa shape index (κ2) is 6.76. The number of halogens is 1. The maximum atomic E-state index is 13.7. The fourth-order valence-corrected chi connectivity index (χ4v) is 3.78. The van der Waals surface area contributed by atoms with Gasteiger partial charge in [0.25, 0.3) is 5.91 Å². The first kappa shape index (κ1) is 16.1. The topological polar surface area (TPSA) is 62.5 Å². The molecule has 0 atom stereocenters. The minimum absolute atomic E-state index is 0.108. The molecule has 2 N–H and O–H groups in total. The van der Waals surface area contributed by atoms with E-state index in [4.69, 9.17) is 4.42 Å². The number of amides is 1. The van der Waals surface area contributed by atoms with Crippen molar-refractivity contribution in [1.82, 2.24) is 5.32 Å². The number of furan rings is 1. The van der Waals surface area contributed by atoms with Crippen LogP contribution < -0.4 is 5.32 Å². The lowest BCUT2D eigenvalue weighted by atomic mass is 9.97. The van der Waals surface area contributed by atoms with Crippen LogP contribution in [0.15, 0.2) is 40.8 Å². The Morgan fingerprint density at radius 1 is 1.26 bits per heavy atom. The summed E-state index contributed by atoms with van der Waals surface area (Å²) in [5.41, 5.74) is -0.531. The van der Waals surface area contributed by atoms with Crippen LogP contribution in [-0.4, -0.2) is 34.7 Å². The van der Waals surface area contributed by atoms with Crippen LogP contribution in [0.1, 0.15) is 23.4 Å². The van der Waals surface area contributed by atoms with Crippen molar-refractivity contribution in [2.24, 2.45) is 0 Å². The molecule has 1 aliphatic rings. The number of rotatable bonds is 4. The van der Waals surface area contributed by atoms with Crippen molar-refractivity contribution in [2.75, 3.05) is 18.1 Å². The van der Waals surface area contributed by atoms with Gasteiger partial charge in [0, 0.05) is 6.54 Å². The Hall–Kier alpha value is -1.79. The van der Waals surface area contributed by atoms with Gasteiger partial charge >= 0.3 is 0 Å². The summed E-state index contributed by atoms with van der Waals surface area (Å²) in [6.45, 7) is 0.197. The number of carbonyl (C=O) groups excluding carboxylic acids is 1. The van der Waals surface area contributed by atoms with Gasteiger partial charge in [-0.1, -0.05) is 12.1 Å². The molecule has 0 saturated carbocycles. The Balaban J connectivity index is 1.66. The molecule has 1 saturated heterocycles. The zero-order valence-corrected chi connectivity index (χ0v) is 13.4. The Labute approximate surface area is 138 Å². The van der Waals surface area contributed by atoms with E-state index in [-0.39, 0.29) is 12.3 Å². The van der Waals surface area contributed by atoms with E-state index >= 15 is 0 Å². The zero-order valence-electron chi connectivity index (χ0n) is 12.5. The number of aliphatic hydroxyl groups is 1. The molecule has 0 unspecified atom stereocenters. The van der Waals surface area contributed by atoms with Crippen LogP contribution in [0.4, 0.5) is 4.39 Å². The number of hydrogen-bond donors (Lipinski definition) is 2. The minimum atomic E-state index is -0.845. The summed E-state index contributed by atoms with van der Waals surface area (Å²) in [4.78, 5) is 12.1. The number of carbonyl (C=O) groups is 1. The molecule has 2 aromatic rings. The van der Waals surface area contributed by atoms with Gasteiger partial charge in [0.15, 0.2) is 5.76 Å². The molecular formula is C17H18FNO3S. The Morgan fingerprint density at radius 3 is 2.74 bits per heavy atom. The van der Waals surface area contributed by atoms with Crippen molar-refractivity contribution in [3.05, 3.63) is 48.0 Å². The number of benzene rings is 1. The second-order valence-electron chi connectivity index (χ2n) is 5.66. The molecule has 6 heteroatoms. The molecule has 1 aromatic carbocycles. The van der Waals surface area contributed by atoms with Gasteiger partial charge in [-0.05, 0) is 48.6 Å². The summed E-state index contributed by atoms with van der Waals surface area (Å²) >= 11 is 1.80. The third-order valence-electron chi connectivity index (χ3n) is 3.97. The van der Waals surface area contributed by atoms with Crippen molar-refractivity contribution in [3.8, 4) is 11.3 Å². The molecule has 2 heterocycles. The summed E-state index contributed by atoms with van der Waals surface area (Å²) in [5, 5.41) is 13.1. The maximum Gasteiger partial charge on any atom is 0.287 e. The van der Waals surface area contributed by atoms with E-state index in [1.165, 1.54) is 12.1 Å². The summed E-state index contributed by atoms with van der Waals surface area (Å²) < 4.78 is 19.2. The van der Waals surface area contributed by atoms with Crippen LogP contribution in [0.25, 0.3) is 11.3 Å². The molecule has 0 aliphatic carbocycles. The zero-order chi connectivity index (χ0) is 16.3. The van der Waals surface area contributed by atoms with E-state index in [0.717, 1.165) is 11.5 Å². The summed E-state index contributed by atoms with van der Waals surface area (Å²) in [6, 6.07) is 9.32. The van der Waals surface area contributed by atoms with E-state index in [2.05, 4.69) is 5.32 Å². The highest BCUT2D eigenvalue weighted by molar-refractivity contribution is 7.99. The molecule has 0 spiro atoms. The van der Waals surface area contributed by atoms with Gasteiger partial charge in [-0.25, -0.2) is 4.39 Å². The number of thioether (sulfide) groups is 1. The lowest BCUT2D eigenvalue weighted by molar-refractivity contribution is 0.0307. The van der Waals surface area contributed by atoms with E-state index in [0.29, 0.717) is 24.2 Å². The number of hydrogen-bond acceptors (Lipinski definition) is 4. The van der Waals surface area contributed by atoms with Crippen LogP contribution in [-0.2, 0) is 0 Å². The van der Waals surface area contributed by atoms with Crippen molar-refractivity contribution in [1.29, 1.82) is 0 Å². The summed E-state index contributed by atoms with van der Waals surface area (Å²) in [7, 11) is 0. The maximum absolute atomic E-state index is 13.7. The van der Waals surface area contributed by atoms with Crippen LogP contribution in [0, 0.1) is 5.82 Å². The highest BCUT2D eigenvalue weighted by atomic mass is 32.2. The normalized spacial score (nSPS) is 17.0. The molecular weight excluding hydrogens is 317 g/mol. The molecule has 0 radical (unpaired) electrons. The minimum Gasteiger partial charge on any atom is -0.451 e.